The minimum absolute atomic E-state index is 0.0631. The van der Waals surface area contributed by atoms with Crippen LogP contribution in [-0.2, 0) is 10.0 Å². The van der Waals surface area contributed by atoms with Gasteiger partial charge in [0, 0.05) is 0 Å². The summed E-state index contributed by atoms with van der Waals surface area (Å²) in [5.41, 5.74) is 3.35. The highest BCUT2D eigenvalue weighted by molar-refractivity contribution is 7.89. The lowest BCUT2D eigenvalue weighted by molar-refractivity contribution is 0.587. The number of aromatic nitrogens is 2. The molecule has 2 N–H and O–H groups in total. The van der Waals surface area contributed by atoms with Gasteiger partial charge in [0.2, 0.25) is 0 Å². The fourth-order valence-electron chi connectivity index (χ4n) is 2.35. The molecule has 0 unspecified atom stereocenters. The van der Waals surface area contributed by atoms with Crippen molar-refractivity contribution < 1.29 is 8.42 Å². The van der Waals surface area contributed by atoms with Crippen LogP contribution in [0.2, 0.25) is 0 Å². The van der Waals surface area contributed by atoms with Gasteiger partial charge in [-0.05, 0) is 31.9 Å². The summed E-state index contributed by atoms with van der Waals surface area (Å²) >= 11 is 0. The largest absolute Gasteiger partial charge is 0.257 e. The lowest BCUT2D eigenvalue weighted by Crippen LogP contribution is -2.19. The van der Waals surface area contributed by atoms with Gasteiger partial charge in [-0.25, -0.2) is 18.2 Å². The molecule has 0 radical (unpaired) electrons. The second-order valence-corrected chi connectivity index (χ2v) is 6.16. The number of hydrogen-bond acceptors (Lipinski definition) is 4. The highest BCUT2D eigenvalue weighted by Crippen LogP contribution is 2.25. The highest BCUT2D eigenvalue weighted by Gasteiger charge is 2.24. The zero-order valence-corrected chi connectivity index (χ0v) is 12.2. The van der Waals surface area contributed by atoms with Gasteiger partial charge in [0.15, 0.2) is 5.03 Å². The van der Waals surface area contributed by atoms with Gasteiger partial charge in [0.05, 0.1) is 11.9 Å². The summed E-state index contributed by atoms with van der Waals surface area (Å²) in [6.45, 7) is 5.67. The molecule has 1 aromatic carbocycles. The first kappa shape index (κ1) is 14.2. The summed E-state index contributed by atoms with van der Waals surface area (Å²) in [5, 5.41) is 17.9. The molecule has 0 spiro atoms. The van der Waals surface area contributed by atoms with Crippen LogP contribution in [0.25, 0.3) is 5.69 Å². The Kier molecular flexibility index (Phi) is 3.38. The number of benzene rings is 1. The molecule has 6 nitrogen and oxygen atoms in total. The number of hydrogen-bond donors (Lipinski definition) is 1. The van der Waals surface area contributed by atoms with Crippen molar-refractivity contribution in [3.63, 3.8) is 0 Å². The van der Waals surface area contributed by atoms with Crippen LogP contribution in [0.4, 0.5) is 0 Å². The van der Waals surface area contributed by atoms with Crippen LogP contribution in [0.3, 0.4) is 0 Å². The van der Waals surface area contributed by atoms with Crippen molar-refractivity contribution in [2.75, 3.05) is 0 Å². The SMILES string of the molecule is Cc1cc(C)c(-n2ncc(C#N)c2S(N)(=O)=O)c(C)c1. The molecular weight excluding hydrogens is 276 g/mol. The van der Waals surface area contributed by atoms with Gasteiger partial charge in [-0.3, -0.25) is 0 Å². The number of nitrogens with zero attached hydrogens (tertiary/aromatic N) is 3. The summed E-state index contributed by atoms with van der Waals surface area (Å²) in [5.74, 6) is 0. The second-order valence-electron chi connectivity index (χ2n) is 4.68. The van der Waals surface area contributed by atoms with Gasteiger partial charge in [0.25, 0.3) is 10.0 Å². The van der Waals surface area contributed by atoms with Gasteiger partial charge >= 0.3 is 0 Å². The maximum atomic E-state index is 11.7. The van der Waals surface area contributed by atoms with E-state index in [0.29, 0.717) is 5.69 Å². The Hall–Kier alpha value is -2.17. The average Bonchev–Trinajstić information content (AvgIpc) is 2.70. The monoisotopic (exact) mass is 290 g/mol. The van der Waals surface area contributed by atoms with E-state index in [1.165, 1.54) is 10.9 Å². The molecule has 0 saturated heterocycles. The third-order valence-corrected chi connectivity index (χ3v) is 3.89. The van der Waals surface area contributed by atoms with E-state index in [4.69, 9.17) is 10.4 Å². The summed E-state index contributed by atoms with van der Waals surface area (Å²) < 4.78 is 24.7. The highest BCUT2D eigenvalue weighted by atomic mass is 32.2. The quantitative estimate of drug-likeness (QED) is 0.900. The van der Waals surface area contributed by atoms with E-state index in [1.807, 2.05) is 32.9 Å². The van der Waals surface area contributed by atoms with Gasteiger partial charge in [-0.1, -0.05) is 17.7 Å². The van der Waals surface area contributed by atoms with E-state index in [-0.39, 0.29) is 10.6 Å². The topological polar surface area (TPSA) is 102 Å². The number of nitrogens with two attached hydrogens (primary N) is 1. The zero-order valence-electron chi connectivity index (χ0n) is 11.4. The lowest BCUT2D eigenvalue weighted by atomic mass is 10.1. The molecule has 2 aromatic rings. The van der Waals surface area contributed by atoms with Crippen molar-refractivity contribution >= 4 is 10.0 Å². The van der Waals surface area contributed by atoms with Crippen molar-refractivity contribution in [1.29, 1.82) is 5.26 Å². The van der Waals surface area contributed by atoms with Gasteiger partial charge < -0.3 is 0 Å². The first-order valence-electron chi connectivity index (χ1n) is 5.85. The van der Waals surface area contributed by atoms with Crippen LogP contribution in [-0.4, -0.2) is 18.2 Å². The molecule has 0 aliphatic carbocycles. The Labute approximate surface area is 117 Å². The summed E-state index contributed by atoms with van der Waals surface area (Å²) in [7, 11) is -4.05. The molecule has 2 rings (SSSR count). The number of aryl methyl sites for hydroxylation is 3. The number of nitriles is 1. The molecule has 1 aromatic heterocycles. The molecule has 104 valence electrons. The predicted octanol–water partition coefficient (Wildman–Crippen LogP) is 1.32. The van der Waals surface area contributed by atoms with Crippen molar-refractivity contribution in [3.8, 4) is 11.8 Å². The van der Waals surface area contributed by atoms with Crippen LogP contribution in [0.15, 0.2) is 23.4 Å². The molecule has 0 atom stereocenters. The van der Waals surface area contributed by atoms with Gasteiger partial charge in [-0.2, -0.15) is 10.4 Å². The number of primary sulfonamides is 1. The minimum Gasteiger partial charge on any atom is -0.223 e. The Morgan fingerprint density at radius 2 is 1.80 bits per heavy atom. The van der Waals surface area contributed by atoms with Crippen molar-refractivity contribution in [2.45, 2.75) is 25.8 Å². The maximum Gasteiger partial charge on any atom is 0.257 e. The molecule has 1 heterocycles. The van der Waals surface area contributed by atoms with Crippen LogP contribution in [0.5, 0.6) is 0 Å². The summed E-state index contributed by atoms with van der Waals surface area (Å²) in [6.07, 6.45) is 1.21. The Bertz CT molecular complexity index is 806. The molecule has 0 amide bonds. The maximum absolute atomic E-state index is 11.7. The summed E-state index contributed by atoms with van der Waals surface area (Å²) in [4.78, 5) is 0. The van der Waals surface area contributed by atoms with Crippen molar-refractivity contribution in [2.24, 2.45) is 5.14 Å². The fourth-order valence-corrected chi connectivity index (χ4v) is 3.14. The van der Waals surface area contributed by atoms with E-state index in [9.17, 15) is 8.42 Å². The van der Waals surface area contributed by atoms with Crippen LogP contribution in [0, 0.1) is 32.1 Å². The van der Waals surface area contributed by atoms with E-state index >= 15 is 0 Å². The summed E-state index contributed by atoms with van der Waals surface area (Å²) in [6, 6.07) is 5.64. The zero-order chi connectivity index (χ0) is 15.1. The van der Waals surface area contributed by atoms with E-state index < -0.39 is 10.0 Å². The van der Waals surface area contributed by atoms with Crippen LogP contribution >= 0.6 is 0 Å². The van der Waals surface area contributed by atoms with Crippen molar-refractivity contribution in [1.82, 2.24) is 9.78 Å². The lowest BCUT2D eigenvalue weighted by Gasteiger charge is -2.13. The third-order valence-electron chi connectivity index (χ3n) is 2.96. The average molecular weight is 290 g/mol. The number of sulfonamides is 1. The molecule has 0 bridgehead atoms. The Morgan fingerprint density at radius 1 is 1.25 bits per heavy atom. The smallest absolute Gasteiger partial charge is 0.223 e. The molecule has 20 heavy (non-hydrogen) atoms. The first-order valence-corrected chi connectivity index (χ1v) is 7.39. The van der Waals surface area contributed by atoms with E-state index in [1.54, 1.807) is 6.07 Å². The predicted molar refractivity (Wildman–Crippen MR) is 73.9 cm³/mol. The standard InChI is InChI=1S/C13H14N4O2S/c1-8-4-9(2)12(10(3)5-8)17-13(20(15,18)19)11(6-14)7-16-17/h4-5,7H,1-3H3,(H2,15,18,19). The Morgan fingerprint density at radius 3 is 2.25 bits per heavy atom. The fraction of sp³-hybridized carbons (Fsp3) is 0.231. The molecule has 0 aliphatic rings. The van der Waals surface area contributed by atoms with Gasteiger partial charge in [-0.15, -0.1) is 0 Å². The first-order chi connectivity index (χ1) is 9.25. The third kappa shape index (κ3) is 2.31. The van der Waals surface area contributed by atoms with Crippen molar-refractivity contribution in [3.05, 3.63) is 40.6 Å². The number of rotatable bonds is 2. The molecule has 7 heteroatoms. The normalized spacial score (nSPS) is 11.3. The minimum atomic E-state index is -4.05. The molecular formula is C13H14N4O2S. The second kappa shape index (κ2) is 4.74. The molecule has 0 fully saturated rings. The van der Waals surface area contributed by atoms with E-state index in [0.717, 1.165) is 16.7 Å². The van der Waals surface area contributed by atoms with E-state index in [2.05, 4.69) is 5.10 Å². The Balaban J connectivity index is 2.86. The molecule has 0 saturated carbocycles. The van der Waals surface area contributed by atoms with Crippen LogP contribution < -0.4 is 5.14 Å². The molecule has 0 aliphatic heterocycles. The van der Waals surface area contributed by atoms with Crippen LogP contribution in [0.1, 0.15) is 22.3 Å². The van der Waals surface area contributed by atoms with Gasteiger partial charge in [0.1, 0.15) is 11.6 Å².